The second-order valence-electron chi connectivity index (χ2n) is 5.80. The summed E-state index contributed by atoms with van der Waals surface area (Å²) in [5.41, 5.74) is 3.38. The summed E-state index contributed by atoms with van der Waals surface area (Å²) < 4.78 is 6.38. The Hall–Kier alpha value is -1.94. The van der Waals surface area contributed by atoms with Crippen molar-refractivity contribution in [2.24, 2.45) is 4.99 Å². The topological polar surface area (TPSA) is 29.7 Å². The molecule has 0 amide bonds. The third kappa shape index (κ3) is 2.51. The zero-order chi connectivity index (χ0) is 14.2. The third-order valence-electron chi connectivity index (χ3n) is 3.22. The number of fused-ring (bicyclic) bond motifs is 1. The largest absolute Gasteiger partial charge is 0.275 e. The van der Waals surface area contributed by atoms with Gasteiger partial charge in [-0.3, -0.25) is 4.40 Å². The summed E-state index contributed by atoms with van der Waals surface area (Å²) in [6.45, 7) is 6.64. The first-order chi connectivity index (χ1) is 9.54. The number of rotatable bonds is 1. The lowest BCUT2D eigenvalue weighted by molar-refractivity contribution is 0.590. The molecule has 0 fully saturated rings. The number of nitrogens with zero attached hydrogens (tertiary/aromatic N) is 3. The maximum Gasteiger partial charge on any atom is 0.213 e. The molecule has 102 valence electrons. The Labute approximate surface area is 122 Å². The lowest BCUT2D eigenvalue weighted by Gasteiger charge is -2.18. The van der Waals surface area contributed by atoms with Gasteiger partial charge in [-0.05, 0) is 35.2 Å². The Morgan fingerprint density at radius 2 is 1.80 bits per heavy atom. The van der Waals surface area contributed by atoms with Gasteiger partial charge in [-0.1, -0.05) is 39.0 Å². The predicted octanol–water partition coefficient (Wildman–Crippen LogP) is 3.93. The van der Waals surface area contributed by atoms with E-state index in [1.807, 2.05) is 28.8 Å². The minimum atomic E-state index is 0.171. The Morgan fingerprint density at radius 1 is 1.05 bits per heavy atom. The van der Waals surface area contributed by atoms with Crippen LogP contribution < -0.4 is 4.80 Å². The van der Waals surface area contributed by atoms with Gasteiger partial charge >= 0.3 is 0 Å². The Kier molecular flexibility index (Phi) is 3.18. The van der Waals surface area contributed by atoms with Crippen LogP contribution in [0.3, 0.4) is 0 Å². The molecule has 4 heteroatoms. The number of benzene rings is 1. The molecule has 0 unspecified atom stereocenters. The van der Waals surface area contributed by atoms with Crippen molar-refractivity contribution in [1.82, 2.24) is 8.77 Å². The van der Waals surface area contributed by atoms with Gasteiger partial charge in [-0.15, -0.1) is 0 Å². The van der Waals surface area contributed by atoms with Gasteiger partial charge in [-0.2, -0.15) is 4.37 Å². The van der Waals surface area contributed by atoms with E-state index in [2.05, 4.69) is 54.4 Å². The fourth-order valence-electron chi connectivity index (χ4n) is 2.02. The minimum Gasteiger partial charge on any atom is -0.275 e. The van der Waals surface area contributed by atoms with Crippen molar-refractivity contribution < 1.29 is 0 Å². The van der Waals surface area contributed by atoms with Crippen LogP contribution in [0, 0.1) is 0 Å². The average Bonchev–Trinajstić information content (AvgIpc) is 2.82. The predicted molar refractivity (Wildman–Crippen MR) is 83.4 cm³/mol. The van der Waals surface area contributed by atoms with E-state index in [4.69, 9.17) is 0 Å². The van der Waals surface area contributed by atoms with Crippen LogP contribution in [0.25, 0.3) is 5.65 Å². The number of hydrogen-bond acceptors (Lipinski definition) is 3. The van der Waals surface area contributed by atoms with E-state index in [-0.39, 0.29) is 5.41 Å². The van der Waals surface area contributed by atoms with Crippen LogP contribution >= 0.6 is 11.5 Å². The molecule has 20 heavy (non-hydrogen) atoms. The average molecular weight is 283 g/mol. The molecular weight excluding hydrogens is 266 g/mol. The minimum absolute atomic E-state index is 0.171. The summed E-state index contributed by atoms with van der Waals surface area (Å²) in [6, 6.07) is 14.4. The normalized spacial score (nSPS) is 13.1. The summed E-state index contributed by atoms with van der Waals surface area (Å²) in [7, 11) is 0. The summed E-state index contributed by atoms with van der Waals surface area (Å²) >= 11 is 1.41. The summed E-state index contributed by atoms with van der Waals surface area (Å²) in [5.74, 6) is 0. The van der Waals surface area contributed by atoms with Gasteiger partial charge in [0, 0.05) is 17.7 Å². The van der Waals surface area contributed by atoms with E-state index in [1.54, 1.807) is 0 Å². The second kappa shape index (κ2) is 4.87. The molecule has 0 saturated heterocycles. The van der Waals surface area contributed by atoms with Gasteiger partial charge in [0.2, 0.25) is 4.80 Å². The first-order valence-electron chi connectivity index (χ1n) is 6.62. The molecule has 2 aromatic heterocycles. The summed E-state index contributed by atoms with van der Waals surface area (Å²) in [5, 5.41) is 0. The maximum atomic E-state index is 4.67. The highest BCUT2D eigenvalue weighted by Crippen LogP contribution is 2.24. The summed E-state index contributed by atoms with van der Waals surface area (Å²) in [6.07, 6.45) is 1.99. The standard InChI is InChI=1S/C16H17N3S/c1-16(2,3)12-7-9-13(10-8-12)17-15-19-11-5-4-6-14(19)18-20-15/h4-11H,1-3H3/b17-15-. The van der Waals surface area contributed by atoms with Gasteiger partial charge in [0.25, 0.3) is 0 Å². The van der Waals surface area contributed by atoms with Gasteiger partial charge < -0.3 is 0 Å². The Balaban J connectivity index is 2.04. The van der Waals surface area contributed by atoms with Gasteiger partial charge in [0.05, 0.1) is 5.69 Å². The molecule has 0 N–H and O–H groups in total. The van der Waals surface area contributed by atoms with Crippen LogP contribution in [0.5, 0.6) is 0 Å². The lowest BCUT2D eigenvalue weighted by atomic mass is 9.87. The van der Waals surface area contributed by atoms with E-state index in [0.717, 1.165) is 16.1 Å². The molecule has 0 atom stereocenters. The number of pyridine rings is 1. The molecule has 3 nitrogen and oxygen atoms in total. The Bertz CT molecular complexity index is 789. The molecule has 0 radical (unpaired) electrons. The summed E-state index contributed by atoms with van der Waals surface area (Å²) in [4.78, 5) is 5.56. The molecule has 0 aliphatic rings. The quantitative estimate of drug-likeness (QED) is 0.665. The molecule has 0 spiro atoms. The van der Waals surface area contributed by atoms with E-state index in [1.165, 1.54) is 17.1 Å². The highest BCUT2D eigenvalue weighted by Gasteiger charge is 2.12. The molecule has 3 rings (SSSR count). The van der Waals surface area contributed by atoms with Gasteiger partial charge in [0.15, 0.2) is 5.65 Å². The van der Waals surface area contributed by atoms with E-state index in [0.29, 0.717) is 0 Å². The van der Waals surface area contributed by atoms with Crippen LogP contribution in [0.1, 0.15) is 26.3 Å². The maximum absolute atomic E-state index is 4.67. The highest BCUT2D eigenvalue weighted by atomic mass is 32.1. The Morgan fingerprint density at radius 3 is 2.50 bits per heavy atom. The van der Waals surface area contributed by atoms with Gasteiger partial charge in [0.1, 0.15) is 0 Å². The van der Waals surface area contributed by atoms with Crippen molar-refractivity contribution >= 4 is 22.9 Å². The SMILES string of the molecule is CC(C)(C)c1ccc(/N=c2\snc3ccccn23)cc1. The van der Waals surface area contributed by atoms with Crippen LogP contribution in [0.15, 0.2) is 53.7 Å². The van der Waals surface area contributed by atoms with Crippen molar-refractivity contribution in [3.8, 4) is 0 Å². The fraction of sp³-hybridized carbons (Fsp3) is 0.250. The van der Waals surface area contributed by atoms with Crippen LogP contribution in [-0.2, 0) is 5.41 Å². The highest BCUT2D eigenvalue weighted by molar-refractivity contribution is 7.03. The van der Waals surface area contributed by atoms with E-state index < -0.39 is 0 Å². The zero-order valence-electron chi connectivity index (χ0n) is 11.9. The third-order valence-corrected chi connectivity index (χ3v) is 3.95. The molecule has 0 bridgehead atoms. The van der Waals surface area contributed by atoms with Crippen molar-refractivity contribution in [3.63, 3.8) is 0 Å². The number of aromatic nitrogens is 2. The molecule has 1 aromatic carbocycles. The van der Waals surface area contributed by atoms with Crippen molar-refractivity contribution in [2.45, 2.75) is 26.2 Å². The zero-order valence-corrected chi connectivity index (χ0v) is 12.7. The van der Waals surface area contributed by atoms with Crippen LogP contribution in [0.4, 0.5) is 5.69 Å². The van der Waals surface area contributed by atoms with Crippen LogP contribution in [0.2, 0.25) is 0 Å². The van der Waals surface area contributed by atoms with Gasteiger partial charge in [-0.25, -0.2) is 4.99 Å². The van der Waals surface area contributed by atoms with Crippen molar-refractivity contribution in [3.05, 3.63) is 59.0 Å². The van der Waals surface area contributed by atoms with Crippen LogP contribution in [-0.4, -0.2) is 8.77 Å². The number of hydrogen-bond donors (Lipinski definition) is 0. The second-order valence-corrected chi connectivity index (χ2v) is 6.53. The van der Waals surface area contributed by atoms with Crippen molar-refractivity contribution in [2.75, 3.05) is 0 Å². The fourth-order valence-corrected chi connectivity index (χ4v) is 2.74. The van der Waals surface area contributed by atoms with E-state index in [9.17, 15) is 0 Å². The molecule has 0 aliphatic heterocycles. The first kappa shape index (κ1) is 13.1. The smallest absolute Gasteiger partial charge is 0.213 e. The molecular formula is C16H17N3S. The first-order valence-corrected chi connectivity index (χ1v) is 7.40. The lowest BCUT2D eigenvalue weighted by Crippen LogP contribution is -2.10. The molecule has 0 aliphatic carbocycles. The van der Waals surface area contributed by atoms with E-state index >= 15 is 0 Å². The molecule has 0 saturated carbocycles. The molecule has 3 aromatic rings. The molecule has 2 heterocycles. The monoisotopic (exact) mass is 283 g/mol. The van der Waals surface area contributed by atoms with Crippen molar-refractivity contribution in [1.29, 1.82) is 0 Å².